The number of carbonyl (C=O) groups is 1. The number of nitrogens with zero attached hydrogens (tertiary/aromatic N) is 2. The van der Waals surface area contributed by atoms with Crippen LogP contribution in [0.3, 0.4) is 0 Å². The van der Waals surface area contributed by atoms with Gasteiger partial charge in [0, 0.05) is 31.3 Å². The minimum atomic E-state index is -4.82. The number of halogens is 3. The average Bonchev–Trinajstić information content (AvgIpc) is 3.24. The standard InChI is InChI=1S/C31H33F3N2O5/c1-4-13-36-14-12-29-25-20-9-10-22(37)27(25)40-28(29)26(18(2)17-30(29,39)23(36)16-20)35(3)24(38)11-8-19-6-5-7-21(15-19)41-31(32,33)34/h4-11,15,18,23,26,28,37,39H,1,12-14,16-17H2,2-3H3/t18-,23+,26+,28-,29-,30+/m0/s1. The predicted molar refractivity (Wildman–Crippen MR) is 146 cm³/mol. The molecule has 0 aromatic heterocycles. The third-order valence-corrected chi connectivity index (χ3v) is 9.57. The topological polar surface area (TPSA) is 82.5 Å². The van der Waals surface area contributed by atoms with Gasteiger partial charge in [0.1, 0.15) is 11.9 Å². The second kappa shape index (κ2) is 9.52. The number of rotatable bonds is 6. The summed E-state index contributed by atoms with van der Waals surface area (Å²) in [4.78, 5) is 17.4. The Balaban J connectivity index is 1.34. The molecule has 2 N–H and O–H groups in total. The fourth-order valence-electron chi connectivity index (χ4n) is 8.09. The number of phenols is 1. The highest BCUT2D eigenvalue weighted by Crippen LogP contribution is 2.66. The first-order chi connectivity index (χ1) is 19.4. The number of amides is 1. The van der Waals surface area contributed by atoms with Crippen molar-refractivity contribution in [3.05, 3.63) is 71.8 Å². The molecule has 2 aromatic rings. The number of carbonyl (C=O) groups excluding carboxylic acids is 1. The SMILES string of the molecule is C=CCN1CC[C@]23c4c5ccc(O)c4O[C@H]2[C@H](N(C)C(=O)C=Cc2cccc(OC(F)(F)F)c2)[C@@H](C)C[C@@]3(O)[C@H]1C5. The van der Waals surface area contributed by atoms with Gasteiger partial charge in [0.25, 0.3) is 0 Å². The lowest BCUT2D eigenvalue weighted by Gasteiger charge is -2.65. The quantitative estimate of drug-likeness (QED) is 0.396. The van der Waals surface area contributed by atoms with Gasteiger partial charge in [-0.3, -0.25) is 9.69 Å². The van der Waals surface area contributed by atoms with E-state index in [2.05, 4.69) is 16.2 Å². The van der Waals surface area contributed by atoms with E-state index in [1.807, 2.05) is 19.1 Å². The molecule has 1 amide bonds. The summed E-state index contributed by atoms with van der Waals surface area (Å²) in [6.45, 7) is 7.26. The Morgan fingerprint density at radius 1 is 1.32 bits per heavy atom. The second-order valence-corrected chi connectivity index (χ2v) is 11.7. The smallest absolute Gasteiger partial charge is 0.504 e. The van der Waals surface area contributed by atoms with E-state index in [9.17, 15) is 28.2 Å². The molecule has 1 saturated heterocycles. The van der Waals surface area contributed by atoms with E-state index >= 15 is 0 Å². The van der Waals surface area contributed by atoms with E-state index in [4.69, 9.17) is 4.74 Å². The summed E-state index contributed by atoms with van der Waals surface area (Å²) in [5, 5.41) is 23.4. The first kappa shape index (κ1) is 27.7. The van der Waals surface area contributed by atoms with Crippen LogP contribution < -0.4 is 9.47 Å². The number of aliphatic hydroxyl groups is 1. The molecule has 0 radical (unpaired) electrons. The number of hydrogen-bond acceptors (Lipinski definition) is 6. The lowest BCUT2D eigenvalue weighted by molar-refractivity contribution is -0.274. The van der Waals surface area contributed by atoms with Gasteiger partial charge in [-0.1, -0.05) is 31.2 Å². The molecule has 2 aliphatic carbocycles. The maximum atomic E-state index is 13.5. The summed E-state index contributed by atoms with van der Waals surface area (Å²) >= 11 is 0. The predicted octanol–water partition coefficient (Wildman–Crippen LogP) is 4.42. The van der Waals surface area contributed by atoms with Crippen molar-refractivity contribution in [2.75, 3.05) is 20.1 Å². The second-order valence-electron chi connectivity index (χ2n) is 11.7. The van der Waals surface area contributed by atoms with Crippen LogP contribution in [0.4, 0.5) is 13.2 Å². The molecule has 2 aromatic carbocycles. The van der Waals surface area contributed by atoms with Crippen LogP contribution >= 0.6 is 0 Å². The van der Waals surface area contributed by atoms with Crippen molar-refractivity contribution in [3.8, 4) is 17.2 Å². The monoisotopic (exact) mass is 570 g/mol. The zero-order valence-corrected chi connectivity index (χ0v) is 22.9. The highest BCUT2D eigenvalue weighted by molar-refractivity contribution is 5.92. The molecule has 1 saturated carbocycles. The number of piperidine rings is 1. The molecule has 4 aliphatic rings. The number of benzene rings is 2. The van der Waals surface area contributed by atoms with Crippen molar-refractivity contribution in [1.29, 1.82) is 0 Å². The maximum absolute atomic E-state index is 13.5. The van der Waals surface area contributed by atoms with Crippen molar-refractivity contribution in [2.45, 2.75) is 61.8 Å². The number of hydrogen-bond donors (Lipinski definition) is 2. The minimum Gasteiger partial charge on any atom is -0.504 e. The first-order valence-electron chi connectivity index (χ1n) is 13.8. The number of aromatic hydroxyl groups is 1. The Morgan fingerprint density at radius 3 is 2.83 bits per heavy atom. The molecule has 218 valence electrons. The van der Waals surface area contributed by atoms with E-state index in [-0.39, 0.29) is 29.4 Å². The molecule has 2 heterocycles. The third kappa shape index (κ3) is 4.14. The molecule has 2 aliphatic heterocycles. The van der Waals surface area contributed by atoms with Gasteiger partial charge in [-0.15, -0.1) is 19.8 Å². The maximum Gasteiger partial charge on any atom is 0.573 e. The van der Waals surface area contributed by atoms with Crippen LogP contribution in [0, 0.1) is 5.92 Å². The fourth-order valence-corrected chi connectivity index (χ4v) is 8.09. The van der Waals surface area contributed by atoms with Gasteiger partial charge in [0.15, 0.2) is 11.5 Å². The third-order valence-electron chi connectivity index (χ3n) is 9.57. The molecule has 10 heteroatoms. The van der Waals surface area contributed by atoms with E-state index in [0.29, 0.717) is 43.7 Å². The van der Waals surface area contributed by atoms with E-state index < -0.39 is 29.5 Å². The van der Waals surface area contributed by atoms with E-state index in [1.165, 1.54) is 30.4 Å². The van der Waals surface area contributed by atoms with Crippen molar-refractivity contribution in [3.63, 3.8) is 0 Å². The molecule has 7 nitrogen and oxygen atoms in total. The Bertz CT molecular complexity index is 1430. The molecule has 1 spiro atoms. The van der Waals surface area contributed by atoms with Gasteiger partial charge in [-0.05, 0) is 67.1 Å². The van der Waals surface area contributed by atoms with Crippen LogP contribution in [0.1, 0.15) is 36.5 Å². The Hall–Kier alpha value is -3.50. The van der Waals surface area contributed by atoms with Crippen LogP contribution in [-0.4, -0.2) is 76.2 Å². The van der Waals surface area contributed by atoms with E-state index in [0.717, 1.165) is 11.1 Å². The summed E-state index contributed by atoms with van der Waals surface area (Å²) < 4.78 is 48.5. The summed E-state index contributed by atoms with van der Waals surface area (Å²) in [5.74, 6) is -0.483. The Kier molecular flexibility index (Phi) is 6.42. The Labute approximate surface area is 236 Å². The molecule has 41 heavy (non-hydrogen) atoms. The fraction of sp³-hybridized carbons (Fsp3) is 0.452. The molecule has 0 unspecified atom stereocenters. The van der Waals surface area contributed by atoms with Crippen molar-refractivity contribution < 1.29 is 37.7 Å². The molecular weight excluding hydrogens is 537 g/mol. The van der Waals surface area contributed by atoms with Gasteiger partial charge < -0.3 is 24.6 Å². The molecule has 6 rings (SSSR count). The van der Waals surface area contributed by atoms with E-state index in [1.54, 1.807) is 24.1 Å². The normalized spacial score (nSPS) is 31.9. The molecule has 2 bridgehead atoms. The van der Waals surface area contributed by atoms with Crippen LogP contribution in [0.15, 0.2) is 55.1 Å². The number of likely N-dealkylation sites (N-methyl/N-ethyl adjacent to an activating group) is 1. The lowest BCUT2D eigenvalue weighted by Crippen LogP contribution is -2.79. The van der Waals surface area contributed by atoms with Gasteiger partial charge in [-0.2, -0.15) is 0 Å². The summed E-state index contributed by atoms with van der Waals surface area (Å²) in [6.07, 6.45) is 0.846. The summed E-state index contributed by atoms with van der Waals surface area (Å²) in [5.41, 5.74) is 0.318. The van der Waals surface area contributed by atoms with Crippen LogP contribution in [0.5, 0.6) is 17.2 Å². The van der Waals surface area contributed by atoms with Gasteiger partial charge in [0.05, 0.1) is 17.1 Å². The largest absolute Gasteiger partial charge is 0.573 e. The molecule has 6 atom stereocenters. The molecular formula is C31H33F3N2O5. The number of likely N-dealkylation sites (tertiary alicyclic amines) is 1. The number of ether oxygens (including phenoxy) is 2. The minimum absolute atomic E-state index is 0.0167. The Morgan fingerprint density at radius 2 is 2.10 bits per heavy atom. The van der Waals surface area contributed by atoms with Crippen molar-refractivity contribution in [2.24, 2.45) is 5.92 Å². The van der Waals surface area contributed by atoms with Gasteiger partial charge in [-0.25, -0.2) is 0 Å². The van der Waals surface area contributed by atoms with Crippen LogP contribution in [-0.2, 0) is 16.6 Å². The number of alkyl halides is 3. The zero-order chi connectivity index (χ0) is 29.3. The summed E-state index contributed by atoms with van der Waals surface area (Å²) in [6, 6.07) is 8.34. The first-order valence-corrected chi connectivity index (χ1v) is 13.8. The van der Waals surface area contributed by atoms with Gasteiger partial charge in [0.2, 0.25) is 5.91 Å². The highest BCUT2D eigenvalue weighted by Gasteiger charge is 2.74. The van der Waals surface area contributed by atoms with Crippen molar-refractivity contribution >= 4 is 12.0 Å². The average molecular weight is 571 g/mol. The van der Waals surface area contributed by atoms with Gasteiger partial charge >= 0.3 is 6.36 Å². The molecule has 2 fully saturated rings. The van der Waals surface area contributed by atoms with Crippen molar-refractivity contribution in [1.82, 2.24) is 9.80 Å². The lowest BCUT2D eigenvalue weighted by atomic mass is 9.46. The highest BCUT2D eigenvalue weighted by atomic mass is 19.4. The van der Waals surface area contributed by atoms with Crippen LogP contribution in [0.2, 0.25) is 0 Å². The van der Waals surface area contributed by atoms with Crippen LogP contribution in [0.25, 0.3) is 6.08 Å². The summed E-state index contributed by atoms with van der Waals surface area (Å²) in [7, 11) is 1.68. The number of phenolic OH excluding ortho intramolecular Hbond substituents is 1. The zero-order valence-electron chi connectivity index (χ0n) is 22.9.